The zero-order valence-electron chi connectivity index (χ0n) is 22.8. The van der Waals surface area contributed by atoms with E-state index >= 15 is 0 Å². The lowest BCUT2D eigenvalue weighted by Gasteiger charge is -2.30. The number of hydrogen-bond acceptors (Lipinski definition) is 1. The van der Waals surface area contributed by atoms with Crippen molar-refractivity contribution in [2.75, 3.05) is 0 Å². The first kappa shape index (κ1) is 22.3. The van der Waals surface area contributed by atoms with Crippen LogP contribution in [0.4, 0.5) is 0 Å². The van der Waals surface area contributed by atoms with Crippen LogP contribution in [-0.4, -0.2) is 0 Å². The molecule has 3 aliphatic rings. The lowest BCUT2D eigenvalue weighted by atomic mass is 9.70. The molecule has 10 rings (SSSR count). The standard InChI is InChI=1S/C41H24O/c1-5-16-34-28(11-1)29-12-2-6-17-35(29)41(34)36-18-7-3-13-30(36)33-24-26(21-23-37(33)41)27-22-20-25-10-9-15-32-31-14-4-8-19-38(31)42-40(27)39(25)32/h1-24H. The second-order valence-corrected chi connectivity index (χ2v) is 11.6. The highest BCUT2D eigenvalue weighted by Gasteiger charge is 2.51. The monoisotopic (exact) mass is 532 g/mol. The summed E-state index contributed by atoms with van der Waals surface area (Å²) in [5, 5.41) is 2.38. The predicted octanol–water partition coefficient (Wildman–Crippen LogP) is 10.6. The predicted molar refractivity (Wildman–Crippen MR) is 171 cm³/mol. The van der Waals surface area contributed by atoms with E-state index in [2.05, 4.69) is 146 Å². The average Bonchev–Trinajstić information content (AvgIpc) is 3.52. The largest absolute Gasteiger partial charge is 0.455 e. The van der Waals surface area contributed by atoms with Crippen molar-refractivity contribution in [3.63, 3.8) is 0 Å². The van der Waals surface area contributed by atoms with E-state index in [4.69, 9.17) is 4.74 Å². The summed E-state index contributed by atoms with van der Waals surface area (Å²) in [6.07, 6.45) is 0. The van der Waals surface area contributed by atoms with Gasteiger partial charge in [0, 0.05) is 16.5 Å². The fraction of sp³-hybridized carbons (Fsp3) is 0.0244. The molecule has 0 fully saturated rings. The molecule has 2 aliphatic carbocycles. The summed E-state index contributed by atoms with van der Waals surface area (Å²) in [4.78, 5) is 0. The third-order valence-corrected chi connectivity index (χ3v) is 9.70. The average molecular weight is 533 g/mol. The lowest BCUT2D eigenvalue weighted by Crippen LogP contribution is -2.25. The molecular formula is C41H24O. The normalized spacial score (nSPS) is 14.1. The van der Waals surface area contributed by atoms with Crippen molar-refractivity contribution in [3.8, 4) is 56.0 Å². The van der Waals surface area contributed by atoms with Gasteiger partial charge in [-0.25, -0.2) is 0 Å². The minimum atomic E-state index is -0.322. The molecule has 1 heterocycles. The van der Waals surface area contributed by atoms with E-state index < -0.39 is 0 Å². The Bertz CT molecular complexity index is 2240. The fourth-order valence-corrected chi connectivity index (χ4v) is 8.06. The van der Waals surface area contributed by atoms with E-state index in [0.717, 1.165) is 22.6 Å². The van der Waals surface area contributed by atoms with Crippen LogP contribution in [0.1, 0.15) is 22.3 Å². The molecule has 0 N–H and O–H groups in total. The minimum Gasteiger partial charge on any atom is -0.455 e. The Hall–Kier alpha value is -5.40. The molecular weight excluding hydrogens is 508 g/mol. The van der Waals surface area contributed by atoms with Crippen molar-refractivity contribution < 1.29 is 4.74 Å². The molecule has 42 heavy (non-hydrogen) atoms. The van der Waals surface area contributed by atoms with Crippen molar-refractivity contribution in [3.05, 3.63) is 168 Å². The molecule has 0 saturated heterocycles. The second kappa shape index (κ2) is 7.87. The highest BCUT2D eigenvalue weighted by atomic mass is 16.5. The number of fused-ring (bicyclic) bond motifs is 12. The number of benzene rings is 7. The van der Waals surface area contributed by atoms with Crippen LogP contribution in [0.25, 0.3) is 55.3 Å². The molecule has 0 unspecified atom stereocenters. The van der Waals surface area contributed by atoms with E-state index in [1.807, 2.05) is 0 Å². The summed E-state index contributed by atoms with van der Waals surface area (Å²) in [6.45, 7) is 0. The molecule has 0 aromatic heterocycles. The summed E-state index contributed by atoms with van der Waals surface area (Å²) in [5.41, 5.74) is 15.1. The van der Waals surface area contributed by atoms with Crippen LogP contribution in [-0.2, 0) is 5.41 Å². The Kier molecular flexibility index (Phi) is 4.18. The maximum Gasteiger partial charge on any atom is 0.143 e. The minimum absolute atomic E-state index is 0.322. The molecule has 0 atom stereocenters. The van der Waals surface area contributed by atoms with Crippen LogP contribution in [0.2, 0.25) is 0 Å². The van der Waals surface area contributed by atoms with Crippen LogP contribution < -0.4 is 4.74 Å². The van der Waals surface area contributed by atoms with Crippen LogP contribution >= 0.6 is 0 Å². The molecule has 194 valence electrons. The molecule has 0 amide bonds. The number of rotatable bonds is 1. The molecule has 1 aliphatic heterocycles. The highest BCUT2D eigenvalue weighted by molar-refractivity contribution is 6.08. The van der Waals surface area contributed by atoms with Crippen LogP contribution in [0.5, 0.6) is 11.5 Å². The summed E-state index contributed by atoms with van der Waals surface area (Å²) in [5.74, 6) is 1.86. The van der Waals surface area contributed by atoms with Gasteiger partial charge in [0.05, 0.1) is 5.41 Å². The molecule has 1 spiro atoms. The van der Waals surface area contributed by atoms with Gasteiger partial charge in [-0.3, -0.25) is 0 Å². The fourth-order valence-electron chi connectivity index (χ4n) is 8.06. The van der Waals surface area contributed by atoms with Gasteiger partial charge in [0.25, 0.3) is 0 Å². The van der Waals surface area contributed by atoms with E-state index in [1.165, 1.54) is 66.4 Å². The van der Waals surface area contributed by atoms with Crippen molar-refractivity contribution >= 4 is 10.8 Å². The Morgan fingerprint density at radius 3 is 1.67 bits per heavy atom. The van der Waals surface area contributed by atoms with Crippen molar-refractivity contribution in [1.29, 1.82) is 0 Å². The molecule has 7 aromatic rings. The Morgan fingerprint density at radius 1 is 0.381 bits per heavy atom. The molecule has 7 aromatic carbocycles. The Labute approximate surface area is 244 Å². The summed E-state index contributed by atoms with van der Waals surface area (Å²) in [6, 6.07) is 53.4. The Balaban J connectivity index is 1.26. The highest BCUT2D eigenvalue weighted by Crippen LogP contribution is 2.63. The first-order valence-electron chi connectivity index (χ1n) is 14.6. The quantitative estimate of drug-likeness (QED) is 0.204. The van der Waals surface area contributed by atoms with Crippen LogP contribution in [0.3, 0.4) is 0 Å². The molecule has 0 bridgehead atoms. The van der Waals surface area contributed by atoms with Gasteiger partial charge in [0.1, 0.15) is 11.5 Å². The van der Waals surface area contributed by atoms with Gasteiger partial charge < -0.3 is 4.74 Å². The maximum atomic E-state index is 6.71. The zero-order valence-corrected chi connectivity index (χ0v) is 22.8. The molecule has 0 radical (unpaired) electrons. The second-order valence-electron chi connectivity index (χ2n) is 11.6. The maximum absolute atomic E-state index is 6.71. The first-order chi connectivity index (χ1) is 20.8. The first-order valence-corrected chi connectivity index (χ1v) is 14.6. The van der Waals surface area contributed by atoms with Crippen molar-refractivity contribution in [2.45, 2.75) is 5.41 Å². The summed E-state index contributed by atoms with van der Waals surface area (Å²) >= 11 is 0. The van der Waals surface area contributed by atoms with E-state index in [9.17, 15) is 0 Å². The van der Waals surface area contributed by atoms with Gasteiger partial charge in [0.2, 0.25) is 0 Å². The zero-order chi connectivity index (χ0) is 27.4. The number of para-hydroxylation sites is 1. The van der Waals surface area contributed by atoms with Gasteiger partial charge >= 0.3 is 0 Å². The summed E-state index contributed by atoms with van der Waals surface area (Å²) < 4.78 is 6.71. The smallest absolute Gasteiger partial charge is 0.143 e. The van der Waals surface area contributed by atoms with Crippen LogP contribution in [0, 0.1) is 0 Å². The SMILES string of the molecule is c1ccc2c(c1)Oc1c(-c3ccc4c(c3)-c3ccccc3C43c4ccccc4-c4ccccc43)ccc3cccc-2c13. The van der Waals surface area contributed by atoms with Gasteiger partial charge in [-0.1, -0.05) is 127 Å². The third-order valence-electron chi connectivity index (χ3n) is 9.70. The van der Waals surface area contributed by atoms with E-state index in [1.54, 1.807) is 0 Å². The van der Waals surface area contributed by atoms with Gasteiger partial charge in [0.15, 0.2) is 0 Å². The Morgan fingerprint density at radius 2 is 0.952 bits per heavy atom. The summed E-state index contributed by atoms with van der Waals surface area (Å²) in [7, 11) is 0. The topological polar surface area (TPSA) is 9.23 Å². The van der Waals surface area contributed by atoms with Crippen LogP contribution in [0.15, 0.2) is 146 Å². The molecule has 0 saturated carbocycles. The van der Waals surface area contributed by atoms with Gasteiger partial charge in [-0.15, -0.1) is 0 Å². The van der Waals surface area contributed by atoms with E-state index in [-0.39, 0.29) is 5.41 Å². The molecule has 1 heteroatoms. The van der Waals surface area contributed by atoms with Gasteiger partial charge in [-0.2, -0.15) is 0 Å². The number of hydrogen-bond donors (Lipinski definition) is 0. The van der Waals surface area contributed by atoms with Crippen molar-refractivity contribution in [1.82, 2.24) is 0 Å². The van der Waals surface area contributed by atoms with Crippen molar-refractivity contribution in [2.24, 2.45) is 0 Å². The van der Waals surface area contributed by atoms with Gasteiger partial charge in [-0.05, 0) is 79.2 Å². The van der Waals surface area contributed by atoms with E-state index in [0.29, 0.717) is 0 Å². The lowest BCUT2D eigenvalue weighted by molar-refractivity contribution is 0.489. The third kappa shape index (κ3) is 2.60. The molecule has 1 nitrogen and oxygen atoms in total. The number of ether oxygens (including phenoxy) is 1.